The van der Waals surface area contributed by atoms with Crippen LogP contribution >= 0.6 is 22.9 Å². The normalized spacial score (nSPS) is 12.6. The lowest BCUT2D eigenvalue weighted by Crippen LogP contribution is -2.20. The highest BCUT2D eigenvalue weighted by molar-refractivity contribution is 7.07. The third-order valence-corrected chi connectivity index (χ3v) is 4.54. The largest absolute Gasteiger partial charge is 0.313 e. The molecular formula is C18H11ClFNO2S. The number of hydrogen-bond acceptors (Lipinski definition) is 3. The van der Waals surface area contributed by atoms with E-state index in [9.17, 15) is 14.0 Å². The number of carbonyl (C=O) groups excluding carboxylic acids is 1. The number of Topliss-reactive ketones (excluding diaryl/α,β-unsaturated/α-hetero) is 1. The molecule has 3 nitrogen and oxygen atoms in total. The number of H-pyrrole nitrogens is 1. The molecule has 0 saturated carbocycles. The van der Waals surface area contributed by atoms with E-state index < -0.39 is 0 Å². The first-order valence-electron chi connectivity index (χ1n) is 7.00. The minimum Gasteiger partial charge on any atom is -0.313 e. The molecule has 0 amide bonds. The Bertz CT molecular complexity index is 1070. The molecule has 120 valence electrons. The molecule has 0 atom stereocenters. The minimum absolute atomic E-state index is 0.286. The number of nitrogens with one attached hydrogen (secondary N) is 1. The standard InChI is InChI=1S/C18H11ClFNO2S/c19-14-4-2-1-3-13(14)15(22)10-17-21-18(23)16(24-17)9-11-5-7-12(20)8-6-11/h1-10H,(H,21,23)/b16-9-,17-10-. The molecule has 24 heavy (non-hydrogen) atoms. The van der Waals surface area contributed by atoms with Gasteiger partial charge in [0, 0.05) is 11.6 Å². The highest BCUT2D eigenvalue weighted by Gasteiger charge is 2.07. The number of halogens is 2. The van der Waals surface area contributed by atoms with E-state index >= 15 is 0 Å². The van der Waals surface area contributed by atoms with E-state index in [-0.39, 0.29) is 17.2 Å². The zero-order chi connectivity index (χ0) is 17.1. The molecule has 0 saturated heterocycles. The predicted molar refractivity (Wildman–Crippen MR) is 94.4 cm³/mol. The Morgan fingerprint density at radius 1 is 1.12 bits per heavy atom. The van der Waals surface area contributed by atoms with Crippen LogP contribution < -0.4 is 14.8 Å². The lowest BCUT2D eigenvalue weighted by molar-refractivity contribution is 0.106. The van der Waals surface area contributed by atoms with Gasteiger partial charge in [0.2, 0.25) is 0 Å². The highest BCUT2D eigenvalue weighted by Crippen LogP contribution is 2.15. The van der Waals surface area contributed by atoms with Crippen LogP contribution in [0.5, 0.6) is 0 Å². The van der Waals surface area contributed by atoms with Crippen LogP contribution in [-0.2, 0) is 0 Å². The Morgan fingerprint density at radius 2 is 1.83 bits per heavy atom. The first-order valence-corrected chi connectivity index (χ1v) is 8.19. The summed E-state index contributed by atoms with van der Waals surface area (Å²) in [5.41, 5.74) is 0.771. The molecule has 0 aliphatic rings. The summed E-state index contributed by atoms with van der Waals surface area (Å²) >= 11 is 7.15. The summed E-state index contributed by atoms with van der Waals surface area (Å²) in [5.74, 6) is -0.627. The van der Waals surface area contributed by atoms with E-state index in [4.69, 9.17) is 11.6 Å². The summed E-state index contributed by atoms with van der Waals surface area (Å²) in [6.45, 7) is 0. The molecule has 0 fully saturated rings. The van der Waals surface area contributed by atoms with Crippen LogP contribution in [0.2, 0.25) is 5.02 Å². The number of hydrogen-bond donors (Lipinski definition) is 1. The Hall–Kier alpha value is -2.50. The van der Waals surface area contributed by atoms with Crippen LogP contribution in [0.25, 0.3) is 12.2 Å². The van der Waals surface area contributed by atoms with Crippen molar-refractivity contribution in [3.05, 3.63) is 90.0 Å². The van der Waals surface area contributed by atoms with Crippen LogP contribution in [-0.4, -0.2) is 10.8 Å². The van der Waals surface area contributed by atoms with Crippen molar-refractivity contribution >= 4 is 40.9 Å². The van der Waals surface area contributed by atoms with Gasteiger partial charge in [-0.15, -0.1) is 11.3 Å². The van der Waals surface area contributed by atoms with Crippen molar-refractivity contribution < 1.29 is 9.18 Å². The molecule has 0 spiro atoms. The fourth-order valence-corrected chi connectivity index (χ4v) is 3.21. The summed E-state index contributed by atoms with van der Waals surface area (Å²) < 4.78 is 13.8. The topological polar surface area (TPSA) is 49.9 Å². The fraction of sp³-hybridized carbons (Fsp3) is 0. The van der Waals surface area contributed by atoms with Crippen molar-refractivity contribution in [3.63, 3.8) is 0 Å². The third-order valence-electron chi connectivity index (χ3n) is 3.25. The average molecular weight is 360 g/mol. The maximum atomic E-state index is 12.9. The molecule has 3 aromatic rings. The summed E-state index contributed by atoms with van der Waals surface area (Å²) in [6, 6.07) is 12.5. The van der Waals surface area contributed by atoms with Gasteiger partial charge in [0.1, 0.15) is 5.82 Å². The lowest BCUT2D eigenvalue weighted by atomic mass is 10.1. The Labute approximate surface area is 145 Å². The van der Waals surface area contributed by atoms with Gasteiger partial charge in [-0.2, -0.15) is 0 Å². The SMILES string of the molecule is O=C(/C=c1/[nH]c(=O)/c(=C/c2ccc(F)cc2)s1)c1ccccc1Cl. The van der Waals surface area contributed by atoms with Crippen molar-refractivity contribution in [2.24, 2.45) is 0 Å². The molecule has 1 N–H and O–H groups in total. The van der Waals surface area contributed by atoms with Gasteiger partial charge in [-0.3, -0.25) is 9.59 Å². The number of thiazole rings is 1. The quantitative estimate of drug-likeness (QED) is 0.731. The predicted octanol–water partition coefficient (Wildman–Crippen LogP) is 2.72. The summed E-state index contributed by atoms with van der Waals surface area (Å²) in [6.07, 6.45) is 2.98. The number of rotatable bonds is 3. The van der Waals surface area contributed by atoms with Crippen molar-refractivity contribution in [1.29, 1.82) is 0 Å². The van der Waals surface area contributed by atoms with Crippen LogP contribution in [0.15, 0.2) is 53.3 Å². The van der Waals surface area contributed by atoms with Crippen molar-refractivity contribution in [2.75, 3.05) is 0 Å². The zero-order valence-corrected chi connectivity index (χ0v) is 13.8. The number of ketones is 1. The molecule has 0 bridgehead atoms. The van der Waals surface area contributed by atoms with E-state index in [0.29, 0.717) is 25.3 Å². The van der Waals surface area contributed by atoms with Gasteiger partial charge in [0.15, 0.2) is 5.78 Å². The molecule has 0 unspecified atom stereocenters. The van der Waals surface area contributed by atoms with E-state index in [1.165, 1.54) is 18.2 Å². The van der Waals surface area contributed by atoms with Gasteiger partial charge < -0.3 is 4.98 Å². The molecule has 3 rings (SSSR count). The molecular weight excluding hydrogens is 349 g/mol. The van der Waals surface area contributed by atoms with Gasteiger partial charge in [0.25, 0.3) is 5.56 Å². The van der Waals surface area contributed by atoms with Crippen molar-refractivity contribution in [1.82, 2.24) is 4.98 Å². The maximum absolute atomic E-state index is 12.9. The maximum Gasteiger partial charge on any atom is 0.266 e. The molecule has 1 heterocycles. The van der Waals surface area contributed by atoms with Gasteiger partial charge in [-0.05, 0) is 35.9 Å². The van der Waals surface area contributed by atoms with Crippen LogP contribution in [0.4, 0.5) is 4.39 Å². The van der Waals surface area contributed by atoms with Crippen LogP contribution in [0.3, 0.4) is 0 Å². The number of carbonyl (C=O) groups is 1. The minimum atomic E-state index is -0.341. The van der Waals surface area contributed by atoms with Crippen molar-refractivity contribution in [3.8, 4) is 0 Å². The van der Waals surface area contributed by atoms with E-state index in [1.54, 1.807) is 42.5 Å². The molecule has 6 heteroatoms. The molecule has 1 aromatic heterocycles. The Kier molecular flexibility index (Phi) is 4.74. The monoisotopic (exact) mass is 359 g/mol. The molecule has 0 radical (unpaired) electrons. The highest BCUT2D eigenvalue weighted by atomic mass is 35.5. The number of benzene rings is 2. The number of aromatic amines is 1. The van der Waals surface area contributed by atoms with E-state index in [1.807, 2.05) is 0 Å². The van der Waals surface area contributed by atoms with Crippen LogP contribution in [0, 0.1) is 5.82 Å². The summed E-state index contributed by atoms with van der Waals surface area (Å²) in [4.78, 5) is 26.9. The van der Waals surface area contributed by atoms with Gasteiger partial charge >= 0.3 is 0 Å². The molecule has 0 aliphatic carbocycles. The van der Waals surface area contributed by atoms with E-state index in [2.05, 4.69) is 4.98 Å². The fourth-order valence-electron chi connectivity index (χ4n) is 2.09. The van der Waals surface area contributed by atoms with E-state index in [0.717, 1.165) is 11.3 Å². The van der Waals surface area contributed by atoms with Crippen molar-refractivity contribution in [2.45, 2.75) is 0 Å². The second kappa shape index (κ2) is 6.95. The summed E-state index contributed by atoms with van der Waals surface area (Å²) in [7, 11) is 0. The molecule has 0 aliphatic heterocycles. The van der Waals surface area contributed by atoms with Gasteiger partial charge in [-0.1, -0.05) is 35.9 Å². The smallest absolute Gasteiger partial charge is 0.266 e. The molecule has 2 aromatic carbocycles. The first kappa shape index (κ1) is 16.4. The third kappa shape index (κ3) is 3.69. The Balaban J connectivity index is 2.00. The number of aromatic nitrogens is 1. The zero-order valence-electron chi connectivity index (χ0n) is 12.3. The van der Waals surface area contributed by atoms with Gasteiger partial charge in [-0.25, -0.2) is 4.39 Å². The first-order chi connectivity index (χ1) is 11.5. The second-order valence-electron chi connectivity index (χ2n) is 4.97. The Morgan fingerprint density at radius 3 is 2.54 bits per heavy atom. The second-order valence-corrected chi connectivity index (χ2v) is 6.46. The van der Waals surface area contributed by atoms with Gasteiger partial charge in [0.05, 0.1) is 14.2 Å². The lowest BCUT2D eigenvalue weighted by Gasteiger charge is -1.97. The average Bonchev–Trinajstić information content (AvgIpc) is 2.89. The van der Waals surface area contributed by atoms with Crippen LogP contribution in [0.1, 0.15) is 15.9 Å². The summed E-state index contributed by atoms with van der Waals surface area (Å²) in [5, 5.41) is 0.357.